The second-order valence-corrected chi connectivity index (χ2v) is 6.55. The maximum atomic E-state index is 13.6. The van der Waals surface area contributed by atoms with E-state index in [-0.39, 0.29) is 17.6 Å². The van der Waals surface area contributed by atoms with Crippen molar-refractivity contribution >= 4 is 11.6 Å². The number of hydrogen-bond acceptors (Lipinski definition) is 3. The second kappa shape index (κ2) is 8.12. The van der Waals surface area contributed by atoms with E-state index < -0.39 is 0 Å². The van der Waals surface area contributed by atoms with Gasteiger partial charge in [-0.05, 0) is 36.6 Å². The Balaban J connectivity index is 1.53. The Kier molecular flexibility index (Phi) is 5.66. The van der Waals surface area contributed by atoms with Crippen LogP contribution in [0.3, 0.4) is 0 Å². The largest absolute Gasteiger partial charge is 0.371 e. The molecule has 1 saturated heterocycles. The molecule has 0 saturated carbocycles. The average Bonchev–Trinajstić information content (AvgIpc) is 2.64. The average molecular weight is 341 g/mol. The van der Waals surface area contributed by atoms with Crippen molar-refractivity contribution in [1.29, 1.82) is 0 Å². The van der Waals surface area contributed by atoms with Gasteiger partial charge >= 0.3 is 0 Å². The second-order valence-electron chi connectivity index (χ2n) is 6.55. The van der Waals surface area contributed by atoms with E-state index in [1.807, 2.05) is 6.07 Å². The molecule has 0 radical (unpaired) electrons. The van der Waals surface area contributed by atoms with Crippen LogP contribution in [0, 0.1) is 11.7 Å². The predicted octanol–water partition coefficient (Wildman–Crippen LogP) is 2.82. The zero-order valence-corrected chi connectivity index (χ0v) is 14.2. The molecule has 4 nitrogen and oxygen atoms in total. The highest BCUT2D eigenvalue weighted by molar-refractivity contribution is 5.77. The zero-order valence-electron chi connectivity index (χ0n) is 14.2. The molecule has 1 heterocycles. The molecule has 0 spiro atoms. The Morgan fingerprint density at radius 2 is 1.92 bits per heavy atom. The van der Waals surface area contributed by atoms with Crippen LogP contribution in [-0.4, -0.2) is 19.0 Å². The number of primary amides is 1. The van der Waals surface area contributed by atoms with E-state index in [0.717, 1.165) is 30.6 Å². The number of hydrogen-bond donors (Lipinski definition) is 2. The fourth-order valence-corrected chi connectivity index (χ4v) is 3.25. The molecule has 1 unspecified atom stereocenters. The van der Waals surface area contributed by atoms with E-state index in [1.54, 1.807) is 12.1 Å². The number of piperidine rings is 1. The van der Waals surface area contributed by atoms with Crippen LogP contribution in [0.1, 0.15) is 24.0 Å². The lowest BCUT2D eigenvalue weighted by molar-refractivity contribution is -0.122. The Labute approximate surface area is 147 Å². The molecule has 1 aliphatic rings. The molecule has 0 aliphatic carbocycles. The summed E-state index contributed by atoms with van der Waals surface area (Å²) in [6.07, 6.45) is 1.86. The molecule has 0 aromatic heterocycles. The molecule has 5 heteroatoms. The molecule has 1 fully saturated rings. The molecule has 1 atom stereocenters. The first kappa shape index (κ1) is 17.4. The quantitative estimate of drug-likeness (QED) is 0.849. The highest BCUT2D eigenvalue weighted by Crippen LogP contribution is 2.23. The Bertz CT molecular complexity index is 717. The first-order chi connectivity index (χ1) is 12.1. The lowest BCUT2D eigenvalue weighted by Crippen LogP contribution is -2.41. The van der Waals surface area contributed by atoms with E-state index in [0.29, 0.717) is 25.2 Å². The third-order valence-electron chi connectivity index (χ3n) is 4.73. The van der Waals surface area contributed by atoms with E-state index in [2.05, 4.69) is 34.5 Å². The van der Waals surface area contributed by atoms with Gasteiger partial charge in [0.15, 0.2) is 0 Å². The Hall–Kier alpha value is -2.40. The number of anilines is 1. The van der Waals surface area contributed by atoms with Crippen molar-refractivity contribution in [2.24, 2.45) is 11.7 Å². The third kappa shape index (κ3) is 4.57. The smallest absolute Gasteiger partial charge is 0.222 e. The number of nitrogens with one attached hydrogen (secondary N) is 1. The first-order valence-corrected chi connectivity index (χ1v) is 8.71. The lowest BCUT2D eigenvalue weighted by atomic mass is 9.97. The van der Waals surface area contributed by atoms with Crippen molar-refractivity contribution in [1.82, 2.24) is 5.32 Å². The molecule has 3 rings (SSSR count). The Morgan fingerprint density at radius 1 is 1.16 bits per heavy atom. The highest BCUT2D eigenvalue weighted by Gasteiger charge is 2.23. The third-order valence-corrected chi connectivity index (χ3v) is 4.73. The fourth-order valence-electron chi connectivity index (χ4n) is 3.25. The van der Waals surface area contributed by atoms with Gasteiger partial charge in [-0.2, -0.15) is 0 Å². The number of amides is 1. The minimum absolute atomic E-state index is 0.0594. The lowest BCUT2D eigenvalue weighted by Gasteiger charge is -2.33. The van der Waals surface area contributed by atoms with Crippen molar-refractivity contribution in [3.63, 3.8) is 0 Å². The van der Waals surface area contributed by atoms with Crippen molar-refractivity contribution in [2.75, 3.05) is 18.0 Å². The van der Waals surface area contributed by atoms with E-state index in [1.165, 1.54) is 6.07 Å². The summed E-state index contributed by atoms with van der Waals surface area (Å²) in [5, 5.41) is 3.27. The summed E-state index contributed by atoms with van der Waals surface area (Å²) < 4.78 is 13.6. The molecule has 3 N–H and O–H groups in total. The number of carbonyl (C=O) groups is 1. The van der Waals surface area contributed by atoms with Gasteiger partial charge in [-0.25, -0.2) is 4.39 Å². The van der Waals surface area contributed by atoms with Crippen molar-refractivity contribution in [3.05, 3.63) is 65.5 Å². The van der Waals surface area contributed by atoms with Gasteiger partial charge in [-0.15, -0.1) is 0 Å². The van der Waals surface area contributed by atoms with Crippen molar-refractivity contribution in [3.8, 4) is 0 Å². The van der Waals surface area contributed by atoms with Gasteiger partial charge in [0.1, 0.15) is 5.82 Å². The van der Waals surface area contributed by atoms with Crippen LogP contribution in [0.25, 0.3) is 0 Å². The molecular weight excluding hydrogens is 317 g/mol. The summed E-state index contributed by atoms with van der Waals surface area (Å²) in [6.45, 7) is 2.83. The SMILES string of the molecule is NC(=O)C1CCCN(c2ccc(CNCc3ccccc3F)cc2)C1. The van der Waals surface area contributed by atoms with Crippen LogP contribution in [-0.2, 0) is 17.9 Å². The summed E-state index contributed by atoms with van der Waals surface area (Å²) >= 11 is 0. The number of rotatable bonds is 6. The van der Waals surface area contributed by atoms with E-state index in [4.69, 9.17) is 5.73 Å². The standard InChI is InChI=1S/C20H24FN3O/c21-19-6-2-1-4-16(19)13-23-12-15-7-9-18(10-8-15)24-11-3-5-17(14-24)20(22)25/h1-2,4,6-10,17,23H,3,5,11-14H2,(H2,22,25). The maximum Gasteiger partial charge on any atom is 0.222 e. The van der Waals surface area contributed by atoms with Crippen LogP contribution < -0.4 is 16.0 Å². The minimum Gasteiger partial charge on any atom is -0.371 e. The Morgan fingerprint density at radius 3 is 2.64 bits per heavy atom. The van der Waals surface area contributed by atoms with Crippen LogP contribution in [0.2, 0.25) is 0 Å². The highest BCUT2D eigenvalue weighted by atomic mass is 19.1. The fraction of sp³-hybridized carbons (Fsp3) is 0.350. The number of benzene rings is 2. The molecule has 1 amide bonds. The summed E-state index contributed by atoms with van der Waals surface area (Å²) in [5.74, 6) is -0.450. The monoisotopic (exact) mass is 341 g/mol. The molecular formula is C20H24FN3O. The maximum absolute atomic E-state index is 13.6. The first-order valence-electron chi connectivity index (χ1n) is 8.71. The number of nitrogens with two attached hydrogens (primary N) is 1. The van der Waals surface area contributed by atoms with Gasteiger partial charge in [0.05, 0.1) is 5.92 Å². The van der Waals surface area contributed by atoms with Gasteiger partial charge in [0.2, 0.25) is 5.91 Å². The molecule has 25 heavy (non-hydrogen) atoms. The van der Waals surface area contributed by atoms with Gasteiger partial charge in [-0.3, -0.25) is 4.79 Å². The molecule has 2 aromatic rings. The number of carbonyl (C=O) groups excluding carboxylic acids is 1. The molecule has 0 bridgehead atoms. The van der Waals surface area contributed by atoms with E-state index in [9.17, 15) is 9.18 Å². The van der Waals surface area contributed by atoms with Gasteiger partial charge < -0.3 is 16.0 Å². The minimum atomic E-state index is -0.210. The van der Waals surface area contributed by atoms with Gasteiger partial charge in [0, 0.05) is 37.4 Å². The summed E-state index contributed by atoms with van der Waals surface area (Å²) in [4.78, 5) is 13.6. The molecule has 2 aromatic carbocycles. The normalized spacial score (nSPS) is 17.5. The number of nitrogens with zero attached hydrogens (tertiary/aromatic N) is 1. The van der Waals surface area contributed by atoms with Crippen molar-refractivity contribution < 1.29 is 9.18 Å². The van der Waals surface area contributed by atoms with Crippen molar-refractivity contribution in [2.45, 2.75) is 25.9 Å². The van der Waals surface area contributed by atoms with Crippen LogP contribution in [0.15, 0.2) is 48.5 Å². The predicted molar refractivity (Wildman–Crippen MR) is 97.5 cm³/mol. The topological polar surface area (TPSA) is 58.4 Å². The van der Waals surface area contributed by atoms with Gasteiger partial charge in [0.25, 0.3) is 0 Å². The molecule has 132 valence electrons. The van der Waals surface area contributed by atoms with E-state index >= 15 is 0 Å². The summed E-state index contributed by atoms with van der Waals surface area (Å²) in [5.41, 5.74) is 8.37. The van der Waals surface area contributed by atoms with Crippen LogP contribution >= 0.6 is 0 Å². The van der Waals surface area contributed by atoms with Crippen LogP contribution in [0.4, 0.5) is 10.1 Å². The number of halogens is 1. The summed E-state index contributed by atoms with van der Waals surface area (Å²) in [6, 6.07) is 15.1. The van der Waals surface area contributed by atoms with Crippen LogP contribution in [0.5, 0.6) is 0 Å². The zero-order chi connectivity index (χ0) is 17.6. The molecule has 1 aliphatic heterocycles. The van der Waals surface area contributed by atoms with Gasteiger partial charge in [-0.1, -0.05) is 30.3 Å². The summed E-state index contributed by atoms with van der Waals surface area (Å²) in [7, 11) is 0.